The SMILES string of the molecule is CCCCN(C)c1cc(NCCS)nc(C)n1. The van der Waals surface area contributed by atoms with Gasteiger partial charge in [-0.25, -0.2) is 9.97 Å². The van der Waals surface area contributed by atoms with Crippen LogP contribution >= 0.6 is 12.6 Å². The molecule has 4 nitrogen and oxygen atoms in total. The minimum absolute atomic E-state index is 0.796. The molecule has 0 radical (unpaired) electrons. The highest BCUT2D eigenvalue weighted by Crippen LogP contribution is 2.15. The standard InChI is InChI=1S/C12H22N4S/c1-4-5-7-16(3)12-9-11(13-6-8-17)14-10(2)15-12/h9,17H,4-8H2,1-3H3,(H,13,14,15). The Kier molecular flexibility index (Phi) is 6.11. The van der Waals surface area contributed by atoms with Gasteiger partial charge in [-0.15, -0.1) is 0 Å². The van der Waals surface area contributed by atoms with E-state index < -0.39 is 0 Å². The Labute approximate surface area is 109 Å². The monoisotopic (exact) mass is 254 g/mol. The molecular weight excluding hydrogens is 232 g/mol. The number of aryl methyl sites for hydroxylation is 1. The maximum Gasteiger partial charge on any atom is 0.134 e. The van der Waals surface area contributed by atoms with Crippen LogP contribution in [0.2, 0.25) is 0 Å². The lowest BCUT2D eigenvalue weighted by Gasteiger charge is -2.19. The molecular formula is C12H22N4S. The van der Waals surface area contributed by atoms with Gasteiger partial charge in [0.25, 0.3) is 0 Å². The van der Waals surface area contributed by atoms with Crippen LogP contribution < -0.4 is 10.2 Å². The van der Waals surface area contributed by atoms with Gasteiger partial charge in [-0.1, -0.05) is 13.3 Å². The summed E-state index contributed by atoms with van der Waals surface area (Å²) in [5.41, 5.74) is 0. The van der Waals surface area contributed by atoms with E-state index >= 15 is 0 Å². The largest absolute Gasteiger partial charge is 0.369 e. The van der Waals surface area contributed by atoms with E-state index in [1.54, 1.807) is 0 Å². The molecule has 0 aliphatic rings. The Morgan fingerprint density at radius 1 is 1.41 bits per heavy atom. The van der Waals surface area contributed by atoms with Gasteiger partial charge < -0.3 is 10.2 Å². The summed E-state index contributed by atoms with van der Waals surface area (Å²) in [5.74, 6) is 3.45. The molecule has 1 aromatic rings. The molecule has 0 fully saturated rings. The van der Waals surface area contributed by atoms with Gasteiger partial charge in [-0.3, -0.25) is 0 Å². The van der Waals surface area contributed by atoms with Crippen molar-refractivity contribution in [1.82, 2.24) is 9.97 Å². The van der Waals surface area contributed by atoms with E-state index in [4.69, 9.17) is 0 Å². The molecule has 0 atom stereocenters. The lowest BCUT2D eigenvalue weighted by atomic mass is 10.3. The molecule has 0 bridgehead atoms. The molecule has 0 saturated carbocycles. The lowest BCUT2D eigenvalue weighted by molar-refractivity contribution is 0.756. The van der Waals surface area contributed by atoms with Gasteiger partial charge in [-0.05, 0) is 13.3 Å². The quantitative estimate of drug-likeness (QED) is 0.733. The molecule has 0 saturated heterocycles. The molecule has 1 rings (SSSR count). The van der Waals surface area contributed by atoms with Gasteiger partial charge >= 0.3 is 0 Å². The second-order valence-electron chi connectivity index (χ2n) is 4.08. The zero-order valence-corrected chi connectivity index (χ0v) is 11.8. The number of anilines is 2. The molecule has 1 N–H and O–H groups in total. The minimum atomic E-state index is 0.796. The van der Waals surface area contributed by atoms with Gasteiger partial charge in [0.15, 0.2) is 0 Å². The summed E-state index contributed by atoms with van der Waals surface area (Å²) in [6, 6.07) is 1.99. The van der Waals surface area contributed by atoms with Crippen LogP contribution in [-0.4, -0.2) is 35.9 Å². The van der Waals surface area contributed by atoms with Crippen LogP contribution in [0.1, 0.15) is 25.6 Å². The van der Waals surface area contributed by atoms with Crippen LogP contribution in [0, 0.1) is 6.92 Å². The highest BCUT2D eigenvalue weighted by molar-refractivity contribution is 7.80. The van der Waals surface area contributed by atoms with E-state index in [-0.39, 0.29) is 0 Å². The van der Waals surface area contributed by atoms with Crippen molar-refractivity contribution in [2.75, 3.05) is 36.1 Å². The number of unbranched alkanes of at least 4 members (excludes halogenated alkanes) is 1. The van der Waals surface area contributed by atoms with E-state index in [2.05, 4.69) is 46.8 Å². The third kappa shape index (κ3) is 4.81. The number of rotatable bonds is 7. The third-order valence-electron chi connectivity index (χ3n) is 2.48. The summed E-state index contributed by atoms with van der Waals surface area (Å²) in [4.78, 5) is 11.0. The van der Waals surface area contributed by atoms with E-state index in [0.29, 0.717) is 0 Å². The third-order valence-corrected chi connectivity index (χ3v) is 2.70. The molecule has 0 spiro atoms. The molecule has 0 amide bonds. The molecule has 0 aromatic carbocycles. The van der Waals surface area contributed by atoms with E-state index in [1.165, 1.54) is 12.8 Å². The Morgan fingerprint density at radius 2 is 2.18 bits per heavy atom. The molecule has 1 aromatic heterocycles. The van der Waals surface area contributed by atoms with Gasteiger partial charge in [0.05, 0.1) is 0 Å². The first-order valence-corrected chi connectivity index (χ1v) is 6.72. The summed E-state index contributed by atoms with van der Waals surface area (Å²) in [6.07, 6.45) is 2.37. The highest BCUT2D eigenvalue weighted by atomic mass is 32.1. The highest BCUT2D eigenvalue weighted by Gasteiger charge is 2.05. The van der Waals surface area contributed by atoms with Crippen LogP contribution in [-0.2, 0) is 0 Å². The predicted octanol–water partition coefficient (Wildman–Crippen LogP) is 2.36. The number of thiol groups is 1. The minimum Gasteiger partial charge on any atom is -0.369 e. The van der Waals surface area contributed by atoms with E-state index in [0.717, 1.165) is 36.3 Å². The number of hydrogen-bond acceptors (Lipinski definition) is 5. The Hall–Kier alpha value is -0.970. The van der Waals surface area contributed by atoms with E-state index in [1.807, 2.05) is 13.0 Å². The second kappa shape index (κ2) is 7.37. The average molecular weight is 254 g/mol. The lowest BCUT2D eigenvalue weighted by Crippen LogP contribution is -2.20. The van der Waals surface area contributed by atoms with Crippen molar-refractivity contribution in [1.29, 1.82) is 0 Å². The first-order valence-electron chi connectivity index (χ1n) is 6.09. The fraction of sp³-hybridized carbons (Fsp3) is 0.667. The number of nitrogens with zero attached hydrogens (tertiary/aromatic N) is 3. The van der Waals surface area contributed by atoms with Gasteiger partial charge in [0.1, 0.15) is 17.5 Å². The van der Waals surface area contributed by atoms with Crippen molar-refractivity contribution in [2.24, 2.45) is 0 Å². The smallest absolute Gasteiger partial charge is 0.134 e. The number of aromatic nitrogens is 2. The fourth-order valence-electron chi connectivity index (χ4n) is 1.53. The Bertz CT molecular complexity index is 343. The number of nitrogens with one attached hydrogen (secondary N) is 1. The molecule has 17 heavy (non-hydrogen) atoms. The van der Waals surface area contributed by atoms with Crippen molar-refractivity contribution >= 4 is 24.3 Å². The summed E-state index contributed by atoms with van der Waals surface area (Å²) >= 11 is 4.17. The van der Waals surface area contributed by atoms with E-state index in [9.17, 15) is 0 Å². The summed E-state index contributed by atoms with van der Waals surface area (Å²) in [5, 5.41) is 3.23. The molecule has 0 aliphatic carbocycles. The first-order chi connectivity index (χ1) is 8.17. The van der Waals surface area contributed by atoms with Crippen LogP contribution in [0.3, 0.4) is 0 Å². The fourth-order valence-corrected chi connectivity index (χ4v) is 1.64. The average Bonchev–Trinajstić information content (AvgIpc) is 2.32. The maximum atomic E-state index is 4.45. The topological polar surface area (TPSA) is 41.0 Å². The van der Waals surface area contributed by atoms with Crippen molar-refractivity contribution in [3.05, 3.63) is 11.9 Å². The molecule has 5 heteroatoms. The number of hydrogen-bond donors (Lipinski definition) is 2. The Morgan fingerprint density at radius 3 is 2.82 bits per heavy atom. The van der Waals surface area contributed by atoms with Crippen molar-refractivity contribution < 1.29 is 0 Å². The van der Waals surface area contributed by atoms with Gasteiger partial charge in [-0.2, -0.15) is 12.6 Å². The van der Waals surface area contributed by atoms with Crippen LogP contribution in [0.25, 0.3) is 0 Å². The summed E-state index contributed by atoms with van der Waals surface area (Å²) < 4.78 is 0. The van der Waals surface area contributed by atoms with Crippen LogP contribution in [0.4, 0.5) is 11.6 Å². The molecule has 0 aliphatic heterocycles. The molecule has 0 unspecified atom stereocenters. The van der Waals surface area contributed by atoms with Crippen LogP contribution in [0.15, 0.2) is 6.07 Å². The maximum absolute atomic E-state index is 4.45. The zero-order valence-electron chi connectivity index (χ0n) is 10.9. The van der Waals surface area contributed by atoms with Gasteiger partial charge in [0.2, 0.25) is 0 Å². The van der Waals surface area contributed by atoms with Crippen molar-refractivity contribution in [3.63, 3.8) is 0 Å². The zero-order chi connectivity index (χ0) is 12.7. The van der Waals surface area contributed by atoms with Gasteiger partial charge in [0, 0.05) is 32.0 Å². The molecule has 1 heterocycles. The second-order valence-corrected chi connectivity index (χ2v) is 4.53. The van der Waals surface area contributed by atoms with Crippen LogP contribution in [0.5, 0.6) is 0 Å². The Balaban J connectivity index is 2.73. The molecule has 96 valence electrons. The summed E-state index contributed by atoms with van der Waals surface area (Å²) in [6.45, 7) is 5.96. The van der Waals surface area contributed by atoms with Crippen molar-refractivity contribution in [2.45, 2.75) is 26.7 Å². The van der Waals surface area contributed by atoms with Crippen molar-refractivity contribution in [3.8, 4) is 0 Å². The summed E-state index contributed by atoms with van der Waals surface area (Å²) in [7, 11) is 2.07. The predicted molar refractivity (Wildman–Crippen MR) is 77.3 cm³/mol. The normalized spacial score (nSPS) is 10.4. The first kappa shape index (κ1) is 14.1.